The SMILES string of the molecule is COc1cc2ncn(CCCC(=O)OCc3csc(NC(C)=O)n3)c(=O)c2cc1OC. The fourth-order valence-corrected chi connectivity index (χ4v) is 3.59. The van der Waals surface area contributed by atoms with E-state index in [1.807, 2.05) is 0 Å². The first-order valence-electron chi connectivity index (χ1n) is 9.40. The number of benzene rings is 1. The van der Waals surface area contributed by atoms with Gasteiger partial charge in [0.25, 0.3) is 5.56 Å². The fraction of sp³-hybridized carbons (Fsp3) is 0.350. The summed E-state index contributed by atoms with van der Waals surface area (Å²) in [7, 11) is 3.01. The van der Waals surface area contributed by atoms with Gasteiger partial charge in [-0.15, -0.1) is 11.3 Å². The van der Waals surface area contributed by atoms with E-state index in [0.717, 1.165) is 0 Å². The molecule has 1 amide bonds. The molecule has 11 heteroatoms. The lowest BCUT2D eigenvalue weighted by Crippen LogP contribution is -2.21. The molecule has 0 aliphatic rings. The van der Waals surface area contributed by atoms with Crippen molar-refractivity contribution in [2.24, 2.45) is 0 Å². The summed E-state index contributed by atoms with van der Waals surface area (Å²) in [5, 5.41) is 5.14. The Bertz CT molecular complexity index is 1160. The Morgan fingerprint density at radius 1 is 1.19 bits per heavy atom. The number of carbonyl (C=O) groups excluding carboxylic acids is 2. The average Bonchev–Trinajstić information content (AvgIpc) is 3.19. The minimum Gasteiger partial charge on any atom is -0.493 e. The highest BCUT2D eigenvalue weighted by molar-refractivity contribution is 7.13. The topological polar surface area (TPSA) is 122 Å². The van der Waals surface area contributed by atoms with Crippen molar-refractivity contribution in [3.8, 4) is 11.5 Å². The van der Waals surface area contributed by atoms with Crippen LogP contribution in [0, 0.1) is 0 Å². The van der Waals surface area contributed by atoms with Crippen LogP contribution in [0.3, 0.4) is 0 Å². The van der Waals surface area contributed by atoms with Crippen LogP contribution >= 0.6 is 11.3 Å². The molecule has 0 bridgehead atoms. The van der Waals surface area contributed by atoms with Crippen LogP contribution in [0.1, 0.15) is 25.5 Å². The van der Waals surface area contributed by atoms with E-state index in [1.165, 1.54) is 43.4 Å². The lowest BCUT2D eigenvalue weighted by atomic mass is 10.2. The third kappa shape index (κ3) is 5.57. The van der Waals surface area contributed by atoms with Crippen molar-refractivity contribution in [3.63, 3.8) is 0 Å². The monoisotopic (exact) mass is 446 g/mol. The van der Waals surface area contributed by atoms with Gasteiger partial charge in [0.05, 0.1) is 37.1 Å². The quantitative estimate of drug-likeness (QED) is 0.497. The van der Waals surface area contributed by atoms with Gasteiger partial charge in [-0.2, -0.15) is 0 Å². The summed E-state index contributed by atoms with van der Waals surface area (Å²) in [6.45, 7) is 1.73. The van der Waals surface area contributed by atoms with Gasteiger partial charge in [-0.3, -0.25) is 19.0 Å². The first-order valence-corrected chi connectivity index (χ1v) is 10.3. The summed E-state index contributed by atoms with van der Waals surface area (Å²) in [6, 6.07) is 3.24. The van der Waals surface area contributed by atoms with Crippen molar-refractivity contribution in [1.29, 1.82) is 0 Å². The van der Waals surface area contributed by atoms with Crippen LogP contribution in [0.2, 0.25) is 0 Å². The lowest BCUT2D eigenvalue weighted by Gasteiger charge is -2.10. The van der Waals surface area contributed by atoms with Crippen molar-refractivity contribution in [1.82, 2.24) is 14.5 Å². The van der Waals surface area contributed by atoms with Gasteiger partial charge in [0.15, 0.2) is 16.6 Å². The fourth-order valence-electron chi connectivity index (χ4n) is 2.85. The molecule has 0 aliphatic carbocycles. The van der Waals surface area contributed by atoms with E-state index in [2.05, 4.69) is 15.3 Å². The maximum atomic E-state index is 12.7. The summed E-state index contributed by atoms with van der Waals surface area (Å²) in [5.41, 5.74) is 0.828. The number of fused-ring (bicyclic) bond motifs is 1. The zero-order valence-electron chi connectivity index (χ0n) is 17.3. The molecule has 0 aliphatic heterocycles. The molecule has 3 rings (SSSR count). The number of aromatic nitrogens is 3. The number of nitrogens with one attached hydrogen (secondary N) is 1. The van der Waals surface area contributed by atoms with Crippen LogP contribution in [0.5, 0.6) is 11.5 Å². The second-order valence-electron chi connectivity index (χ2n) is 6.56. The Labute approximate surface area is 181 Å². The summed E-state index contributed by atoms with van der Waals surface area (Å²) in [5.74, 6) is 0.321. The third-order valence-electron chi connectivity index (χ3n) is 4.33. The number of nitrogens with zero attached hydrogens (tertiary/aromatic N) is 3. The maximum Gasteiger partial charge on any atom is 0.306 e. The number of ether oxygens (including phenoxy) is 3. The number of anilines is 1. The van der Waals surface area contributed by atoms with Crippen LogP contribution in [-0.2, 0) is 27.5 Å². The van der Waals surface area contributed by atoms with E-state index in [4.69, 9.17) is 14.2 Å². The zero-order valence-corrected chi connectivity index (χ0v) is 18.2. The van der Waals surface area contributed by atoms with Gasteiger partial charge >= 0.3 is 5.97 Å². The Kier molecular flexibility index (Phi) is 7.19. The van der Waals surface area contributed by atoms with Crippen LogP contribution in [0.15, 0.2) is 28.6 Å². The number of thiazole rings is 1. The highest BCUT2D eigenvalue weighted by atomic mass is 32.1. The van der Waals surface area contributed by atoms with E-state index in [-0.39, 0.29) is 24.5 Å². The van der Waals surface area contributed by atoms with Crippen molar-refractivity contribution in [2.75, 3.05) is 19.5 Å². The largest absolute Gasteiger partial charge is 0.493 e. The van der Waals surface area contributed by atoms with Gasteiger partial charge in [-0.1, -0.05) is 0 Å². The first-order chi connectivity index (χ1) is 14.9. The molecule has 0 saturated carbocycles. The van der Waals surface area contributed by atoms with Gasteiger partial charge in [-0.25, -0.2) is 9.97 Å². The Morgan fingerprint density at radius 3 is 2.65 bits per heavy atom. The Hall–Kier alpha value is -3.47. The minimum atomic E-state index is -0.401. The molecule has 1 aromatic carbocycles. The molecule has 164 valence electrons. The van der Waals surface area contributed by atoms with Crippen molar-refractivity contribution >= 4 is 39.2 Å². The van der Waals surface area contributed by atoms with Gasteiger partial charge in [0.1, 0.15) is 6.61 Å². The number of esters is 1. The molecule has 0 spiro atoms. The second-order valence-corrected chi connectivity index (χ2v) is 7.41. The molecule has 1 N–H and O–H groups in total. The molecule has 0 saturated heterocycles. The van der Waals surface area contributed by atoms with Crippen molar-refractivity contribution < 1.29 is 23.8 Å². The van der Waals surface area contributed by atoms with E-state index < -0.39 is 5.97 Å². The highest BCUT2D eigenvalue weighted by Crippen LogP contribution is 2.29. The number of rotatable bonds is 9. The molecule has 2 heterocycles. The molecule has 10 nitrogen and oxygen atoms in total. The molecular weight excluding hydrogens is 424 g/mol. The summed E-state index contributed by atoms with van der Waals surface area (Å²) >= 11 is 1.26. The molecule has 0 fully saturated rings. The lowest BCUT2D eigenvalue weighted by molar-refractivity contribution is -0.145. The van der Waals surface area contributed by atoms with Crippen LogP contribution < -0.4 is 20.3 Å². The Morgan fingerprint density at radius 2 is 1.94 bits per heavy atom. The van der Waals surface area contributed by atoms with Gasteiger partial charge in [-0.05, 0) is 12.5 Å². The number of carbonyl (C=O) groups is 2. The average molecular weight is 446 g/mol. The van der Waals surface area contributed by atoms with E-state index in [9.17, 15) is 14.4 Å². The van der Waals surface area contributed by atoms with E-state index in [1.54, 1.807) is 17.5 Å². The van der Waals surface area contributed by atoms with Gasteiger partial charge < -0.3 is 19.5 Å². The number of hydrogen-bond acceptors (Lipinski definition) is 9. The molecule has 3 aromatic rings. The number of hydrogen-bond donors (Lipinski definition) is 1. The van der Waals surface area contributed by atoms with E-state index in [0.29, 0.717) is 46.2 Å². The molecule has 2 aromatic heterocycles. The summed E-state index contributed by atoms with van der Waals surface area (Å²) < 4.78 is 17.1. The van der Waals surface area contributed by atoms with Crippen molar-refractivity contribution in [2.45, 2.75) is 32.9 Å². The predicted octanol–water partition coefficient (Wildman–Crippen LogP) is 2.35. The number of aryl methyl sites for hydroxylation is 1. The van der Waals surface area contributed by atoms with Gasteiger partial charge in [0, 0.05) is 31.3 Å². The minimum absolute atomic E-state index is 0.0218. The molecule has 0 radical (unpaired) electrons. The molecule has 0 unspecified atom stereocenters. The molecular formula is C20H22N4O6S. The standard InChI is InChI=1S/C20H22N4O6S/c1-12(25)22-20-23-13(10-31-20)9-30-18(26)5-4-6-24-11-21-15-8-17(29-3)16(28-2)7-14(15)19(24)27/h7-8,10-11H,4-6,9H2,1-3H3,(H,22,23,25). The van der Waals surface area contributed by atoms with Crippen LogP contribution in [-0.4, -0.2) is 40.6 Å². The van der Waals surface area contributed by atoms with Crippen molar-refractivity contribution in [3.05, 3.63) is 39.9 Å². The predicted molar refractivity (Wildman–Crippen MR) is 115 cm³/mol. The summed E-state index contributed by atoms with van der Waals surface area (Å²) in [6.07, 6.45) is 1.99. The highest BCUT2D eigenvalue weighted by Gasteiger charge is 2.12. The van der Waals surface area contributed by atoms with Crippen LogP contribution in [0.4, 0.5) is 5.13 Å². The Balaban J connectivity index is 1.55. The smallest absolute Gasteiger partial charge is 0.306 e. The van der Waals surface area contributed by atoms with Crippen LogP contribution in [0.25, 0.3) is 10.9 Å². The second kappa shape index (κ2) is 10.0. The summed E-state index contributed by atoms with van der Waals surface area (Å²) in [4.78, 5) is 44.2. The normalized spacial score (nSPS) is 10.7. The van der Waals surface area contributed by atoms with Gasteiger partial charge in [0.2, 0.25) is 5.91 Å². The molecule has 0 atom stereocenters. The third-order valence-corrected chi connectivity index (χ3v) is 5.13. The number of amides is 1. The maximum absolute atomic E-state index is 12.7. The molecule has 31 heavy (non-hydrogen) atoms. The van der Waals surface area contributed by atoms with E-state index >= 15 is 0 Å². The zero-order chi connectivity index (χ0) is 22.4. The number of methoxy groups -OCH3 is 2. The first kappa shape index (κ1) is 22.2.